The summed E-state index contributed by atoms with van der Waals surface area (Å²) in [7, 11) is 0. The highest BCUT2D eigenvalue weighted by Crippen LogP contribution is 2.17. The summed E-state index contributed by atoms with van der Waals surface area (Å²) in [5.74, 6) is -1.30. The normalized spacial score (nSPS) is 11.8. The lowest BCUT2D eigenvalue weighted by molar-refractivity contribution is -0.402. The predicted molar refractivity (Wildman–Crippen MR) is 69.1 cm³/mol. The van der Waals surface area contributed by atoms with Crippen LogP contribution < -0.4 is 5.32 Å². The summed E-state index contributed by atoms with van der Waals surface area (Å²) in [5.41, 5.74) is 0.726. The molecule has 0 spiro atoms. The van der Waals surface area contributed by atoms with E-state index in [0.29, 0.717) is 0 Å². The maximum atomic E-state index is 11.9. The third kappa shape index (κ3) is 3.01. The van der Waals surface area contributed by atoms with Gasteiger partial charge in [0, 0.05) is 0 Å². The lowest BCUT2D eigenvalue weighted by Gasteiger charge is -2.15. The Bertz CT molecular complexity index is 608. The lowest BCUT2D eigenvalue weighted by atomic mass is 10.1. The number of aliphatic hydroxyl groups is 1. The minimum absolute atomic E-state index is 0.175. The van der Waals surface area contributed by atoms with E-state index in [1.165, 1.54) is 6.07 Å². The van der Waals surface area contributed by atoms with Crippen molar-refractivity contribution in [3.8, 4) is 0 Å². The Morgan fingerprint density at radius 3 is 2.55 bits per heavy atom. The fraction of sp³-hybridized carbons (Fsp3) is 0.154. The minimum atomic E-state index is -0.725. The van der Waals surface area contributed by atoms with E-state index in [1.807, 2.05) is 6.07 Å². The van der Waals surface area contributed by atoms with Crippen LogP contribution in [0.3, 0.4) is 0 Å². The van der Waals surface area contributed by atoms with E-state index in [9.17, 15) is 20.0 Å². The summed E-state index contributed by atoms with van der Waals surface area (Å²) in [6, 6.07) is 10.6. The number of hydrogen-bond acceptors (Lipinski definition) is 5. The highest BCUT2D eigenvalue weighted by atomic mass is 16.6. The molecule has 1 aromatic heterocycles. The molecule has 0 unspecified atom stereocenters. The summed E-state index contributed by atoms with van der Waals surface area (Å²) < 4.78 is 4.80. The van der Waals surface area contributed by atoms with Crippen LogP contribution in [0.1, 0.15) is 22.2 Å². The van der Waals surface area contributed by atoms with E-state index in [0.717, 1.165) is 11.6 Å². The number of hydrogen-bond donors (Lipinski definition) is 2. The molecule has 0 aliphatic heterocycles. The number of aliphatic hydroxyl groups excluding tert-OH is 1. The number of furan rings is 1. The fourth-order valence-corrected chi connectivity index (χ4v) is 1.70. The summed E-state index contributed by atoms with van der Waals surface area (Å²) in [5, 5.41) is 22.3. The zero-order valence-corrected chi connectivity index (χ0v) is 10.4. The molecule has 1 amide bonds. The molecule has 0 aliphatic carbocycles. The summed E-state index contributed by atoms with van der Waals surface area (Å²) in [4.78, 5) is 21.6. The molecule has 7 heteroatoms. The summed E-state index contributed by atoms with van der Waals surface area (Å²) >= 11 is 0. The van der Waals surface area contributed by atoms with E-state index in [2.05, 4.69) is 5.32 Å². The van der Waals surface area contributed by atoms with Crippen molar-refractivity contribution in [1.82, 2.24) is 5.32 Å². The first-order valence-electron chi connectivity index (χ1n) is 5.82. The molecule has 0 saturated heterocycles. The number of nitrogens with one attached hydrogen (secondary N) is 1. The van der Waals surface area contributed by atoms with E-state index < -0.39 is 22.8 Å². The second-order valence-electron chi connectivity index (χ2n) is 4.01. The van der Waals surface area contributed by atoms with Crippen LogP contribution in [0, 0.1) is 10.1 Å². The third-order valence-corrected chi connectivity index (χ3v) is 2.69. The SMILES string of the molecule is O=C(N[C@@H](CO)c1ccccc1)c1ccc([N+](=O)[O-])o1. The van der Waals surface area contributed by atoms with Gasteiger partial charge in [0.15, 0.2) is 5.76 Å². The van der Waals surface area contributed by atoms with E-state index >= 15 is 0 Å². The van der Waals surface area contributed by atoms with Crippen molar-refractivity contribution in [2.75, 3.05) is 6.61 Å². The Kier molecular flexibility index (Phi) is 4.11. The minimum Gasteiger partial charge on any atom is -0.395 e. The molecule has 1 heterocycles. The van der Waals surface area contributed by atoms with Crippen LogP contribution >= 0.6 is 0 Å². The van der Waals surface area contributed by atoms with E-state index in [1.54, 1.807) is 24.3 Å². The average Bonchev–Trinajstić information content (AvgIpc) is 2.95. The van der Waals surface area contributed by atoms with Crippen molar-refractivity contribution in [2.45, 2.75) is 6.04 Å². The zero-order valence-electron chi connectivity index (χ0n) is 10.4. The van der Waals surface area contributed by atoms with Crippen LogP contribution in [-0.2, 0) is 0 Å². The molecule has 0 aliphatic rings. The van der Waals surface area contributed by atoms with Crippen molar-refractivity contribution in [2.24, 2.45) is 0 Å². The molecule has 0 fully saturated rings. The molecule has 0 radical (unpaired) electrons. The Morgan fingerprint density at radius 2 is 2.00 bits per heavy atom. The number of carbonyl (C=O) groups excluding carboxylic acids is 1. The molecule has 20 heavy (non-hydrogen) atoms. The van der Waals surface area contributed by atoms with Crippen molar-refractivity contribution < 1.29 is 19.2 Å². The standard InChI is InChI=1S/C13H12N2O5/c16-8-10(9-4-2-1-3-5-9)14-13(17)11-6-7-12(20-11)15(18)19/h1-7,10,16H,8H2,(H,14,17)/t10-/m0/s1. The molecule has 2 rings (SSSR count). The maximum absolute atomic E-state index is 11.9. The highest BCUT2D eigenvalue weighted by Gasteiger charge is 2.20. The number of rotatable bonds is 5. The van der Waals surface area contributed by atoms with Crippen molar-refractivity contribution >= 4 is 11.8 Å². The smallest absolute Gasteiger partial charge is 0.395 e. The molecule has 0 saturated carbocycles. The molecular weight excluding hydrogens is 264 g/mol. The van der Waals surface area contributed by atoms with Crippen molar-refractivity contribution in [3.05, 3.63) is 63.9 Å². The summed E-state index contributed by atoms with van der Waals surface area (Å²) in [6.07, 6.45) is 0. The quantitative estimate of drug-likeness (QED) is 0.638. The van der Waals surface area contributed by atoms with Crippen LogP contribution in [-0.4, -0.2) is 22.5 Å². The number of carbonyl (C=O) groups is 1. The van der Waals surface area contributed by atoms with Gasteiger partial charge < -0.3 is 14.8 Å². The second-order valence-corrected chi connectivity index (χ2v) is 4.01. The molecule has 1 atom stereocenters. The molecule has 7 nitrogen and oxygen atoms in total. The molecule has 2 aromatic rings. The predicted octanol–water partition coefficient (Wildman–Crippen LogP) is 1.65. The molecule has 2 N–H and O–H groups in total. The van der Waals surface area contributed by atoms with Gasteiger partial charge in [-0.15, -0.1) is 0 Å². The maximum Gasteiger partial charge on any atom is 0.433 e. The Labute approximate surface area is 114 Å². The van der Waals surface area contributed by atoms with Gasteiger partial charge >= 0.3 is 5.88 Å². The number of amides is 1. The average molecular weight is 276 g/mol. The topological polar surface area (TPSA) is 106 Å². The Morgan fingerprint density at radius 1 is 1.30 bits per heavy atom. The first-order chi connectivity index (χ1) is 9.61. The van der Waals surface area contributed by atoms with Gasteiger partial charge in [0.1, 0.15) is 4.92 Å². The van der Waals surface area contributed by atoms with Crippen LogP contribution in [0.2, 0.25) is 0 Å². The monoisotopic (exact) mass is 276 g/mol. The van der Waals surface area contributed by atoms with E-state index in [4.69, 9.17) is 4.42 Å². The molecule has 104 valence electrons. The van der Waals surface area contributed by atoms with Gasteiger partial charge in [-0.25, -0.2) is 0 Å². The highest BCUT2D eigenvalue weighted by molar-refractivity contribution is 5.92. The first-order valence-corrected chi connectivity index (χ1v) is 5.82. The second kappa shape index (κ2) is 5.98. The van der Waals surface area contributed by atoms with Gasteiger partial charge in [0.2, 0.25) is 0 Å². The van der Waals surface area contributed by atoms with Gasteiger partial charge in [-0.2, -0.15) is 0 Å². The first kappa shape index (κ1) is 13.8. The largest absolute Gasteiger partial charge is 0.433 e. The number of nitro groups is 1. The van der Waals surface area contributed by atoms with Crippen LogP contribution in [0.15, 0.2) is 46.9 Å². The van der Waals surface area contributed by atoms with E-state index in [-0.39, 0.29) is 12.4 Å². The fourth-order valence-electron chi connectivity index (χ4n) is 1.70. The Balaban J connectivity index is 2.11. The molecular formula is C13H12N2O5. The summed E-state index contributed by atoms with van der Waals surface area (Å²) in [6.45, 7) is -0.293. The van der Waals surface area contributed by atoms with Crippen molar-refractivity contribution in [1.29, 1.82) is 0 Å². The Hall–Kier alpha value is -2.67. The molecule has 1 aromatic carbocycles. The molecule has 0 bridgehead atoms. The van der Waals surface area contributed by atoms with Gasteiger partial charge in [-0.1, -0.05) is 30.3 Å². The lowest BCUT2D eigenvalue weighted by Crippen LogP contribution is -2.30. The number of nitrogens with zero attached hydrogens (tertiary/aromatic N) is 1. The van der Waals surface area contributed by atoms with Crippen LogP contribution in [0.4, 0.5) is 5.88 Å². The van der Waals surface area contributed by atoms with Gasteiger partial charge in [-0.05, 0) is 11.6 Å². The van der Waals surface area contributed by atoms with Gasteiger partial charge in [0.05, 0.1) is 18.7 Å². The zero-order chi connectivity index (χ0) is 14.5. The van der Waals surface area contributed by atoms with Gasteiger partial charge in [0.25, 0.3) is 5.91 Å². The number of benzene rings is 1. The van der Waals surface area contributed by atoms with Gasteiger partial charge in [-0.3, -0.25) is 14.9 Å². The van der Waals surface area contributed by atoms with Crippen molar-refractivity contribution in [3.63, 3.8) is 0 Å². The van der Waals surface area contributed by atoms with Crippen LogP contribution in [0.25, 0.3) is 0 Å². The third-order valence-electron chi connectivity index (χ3n) is 2.69. The van der Waals surface area contributed by atoms with Crippen LogP contribution in [0.5, 0.6) is 0 Å².